The monoisotopic (exact) mass is 264 g/mol. The quantitative estimate of drug-likeness (QED) is 0.662. The molecule has 0 amide bonds. The van der Waals surface area contributed by atoms with Crippen LogP contribution in [0.4, 0.5) is 10.1 Å². The fourth-order valence-electron chi connectivity index (χ4n) is 1.64. The van der Waals surface area contributed by atoms with E-state index in [0.29, 0.717) is 12.2 Å². The molecule has 0 saturated heterocycles. The number of nitro groups is 1. The molecule has 0 atom stereocenters. The molecule has 1 N–H and O–H groups in total. The molecule has 0 saturated carbocycles. The molecule has 7 heteroatoms. The van der Waals surface area contributed by atoms with E-state index in [9.17, 15) is 14.5 Å². The molecular formula is C12H13FN4O2. The van der Waals surface area contributed by atoms with E-state index in [1.54, 1.807) is 12.3 Å². The molecule has 0 unspecified atom stereocenters. The van der Waals surface area contributed by atoms with Crippen molar-refractivity contribution in [1.82, 2.24) is 15.1 Å². The molecule has 2 aromatic rings. The Morgan fingerprint density at radius 2 is 2.26 bits per heavy atom. The first-order valence-electron chi connectivity index (χ1n) is 5.81. The summed E-state index contributed by atoms with van der Waals surface area (Å²) in [7, 11) is 0. The number of aromatic nitrogens is 2. The maximum absolute atomic E-state index is 13.2. The Bertz CT molecular complexity index is 597. The van der Waals surface area contributed by atoms with Crippen LogP contribution in [0.15, 0.2) is 30.5 Å². The van der Waals surface area contributed by atoms with Gasteiger partial charge in [-0.2, -0.15) is 9.49 Å². The Labute approximate surface area is 109 Å². The summed E-state index contributed by atoms with van der Waals surface area (Å²) in [4.78, 5) is 9.93. The van der Waals surface area contributed by atoms with Crippen molar-refractivity contribution in [2.45, 2.75) is 13.5 Å². The minimum atomic E-state index is -0.853. The number of rotatable bonds is 5. The van der Waals surface area contributed by atoms with E-state index in [2.05, 4.69) is 10.4 Å². The summed E-state index contributed by atoms with van der Waals surface area (Å²) in [5.74, 6) is -0.853. The highest BCUT2D eigenvalue weighted by Crippen LogP contribution is 2.20. The lowest BCUT2D eigenvalue weighted by Gasteiger charge is -2.02. The molecule has 100 valence electrons. The smallest absolute Gasteiger partial charge is 0.306 e. The van der Waals surface area contributed by atoms with Gasteiger partial charge in [0.05, 0.1) is 16.3 Å². The number of halogens is 1. The van der Waals surface area contributed by atoms with Crippen molar-refractivity contribution in [3.05, 3.63) is 52.1 Å². The van der Waals surface area contributed by atoms with Crippen molar-refractivity contribution in [1.29, 1.82) is 0 Å². The van der Waals surface area contributed by atoms with E-state index in [0.717, 1.165) is 18.3 Å². The molecule has 2 rings (SSSR count). The van der Waals surface area contributed by atoms with Gasteiger partial charge in [-0.25, -0.2) is 4.68 Å². The van der Waals surface area contributed by atoms with Crippen molar-refractivity contribution in [3.8, 4) is 5.69 Å². The molecule has 0 radical (unpaired) electrons. The number of nitro benzene ring substituents is 1. The fraction of sp³-hybridized carbons (Fsp3) is 0.250. The van der Waals surface area contributed by atoms with Gasteiger partial charge in [0, 0.05) is 18.8 Å². The maximum atomic E-state index is 13.2. The van der Waals surface area contributed by atoms with Gasteiger partial charge >= 0.3 is 5.69 Å². The van der Waals surface area contributed by atoms with Gasteiger partial charge in [-0.15, -0.1) is 0 Å². The lowest BCUT2D eigenvalue weighted by Crippen LogP contribution is -2.12. The predicted molar refractivity (Wildman–Crippen MR) is 67.6 cm³/mol. The molecule has 0 aliphatic carbocycles. The van der Waals surface area contributed by atoms with Gasteiger partial charge in [-0.05, 0) is 24.7 Å². The molecule has 6 nitrogen and oxygen atoms in total. The van der Waals surface area contributed by atoms with Crippen LogP contribution in [0.3, 0.4) is 0 Å². The van der Waals surface area contributed by atoms with Gasteiger partial charge in [0.25, 0.3) is 0 Å². The number of nitrogens with one attached hydrogen (secondary N) is 1. The minimum Gasteiger partial charge on any atom is -0.311 e. The van der Waals surface area contributed by atoms with Crippen LogP contribution < -0.4 is 5.32 Å². The summed E-state index contributed by atoms with van der Waals surface area (Å²) >= 11 is 0. The van der Waals surface area contributed by atoms with E-state index in [4.69, 9.17) is 0 Å². The topological polar surface area (TPSA) is 73.0 Å². The normalized spacial score (nSPS) is 10.6. The zero-order valence-electron chi connectivity index (χ0n) is 10.3. The first-order chi connectivity index (χ1) is 9.11. The van der Waals surface area contributed by atoms with Gasteiger partial charge in [0.15, 0.2) is 0 Å². The largest absolute Gasteiger partial charge is 0.311 e. The van der Waals surface area contributed by atoms with Crippen LogP contribution in [0.25, 0.3) is 5.69 Å². The van der Waals surface area contributed by atoms with Gasteiger partial charge in [0.1, 0.15) is 0 Å². The first-order valence-corrected chi connectivity index (χ1v) is 5.81. The Kier molecular flexibility index (Phi) is 3.86. The van der Waals surface area contributed by atoms with Gasteiger partial charge in [0.2, 0.25) is 5.82 Å². The van der Waals surface area contributed by atoms with E-state index in [1.165, 1.54) is 16.8 Å². The van der Waals surface area contributed by atoms with Crippen LogP contribution >= 0.6 is 0 Å². The van der Waals surface area contributed by atoms with Crippen LogP contribution in [-0.2, 0) is 6.54 Å². The summed E-state index contributed by atoms with van der Waals surface area (Å²) < 4.78 is 14.7. The van der Waals surface area contributed by atoms with Crippen molar-refractivity contribution >= 4 is 5.69 Å². The van der Waals surface area contributed by atoms with Crippen LogP contribution in [-0.4, -0.2) is 21.2 Å². The van der Waals surface area contributed by atoms with E-state index >= 15 is 0 Å². The van der Waals surface area contributed by atoms with Gasteiger partial charge in [-0.1, -0.05) is 6.92 Å². The third kappa shape index (κ3) is 2.94. The average Bonchev–Trinajstić information content (AvgIpc) is 2.85. The zero-order chi connectivity index (χ0) is 13.8. The first kappa shape index (κ1) is 13.2. The van der Waals surface area contributed by atoms with E-state index < -0.39 is 16.4 Å². The molecule has 1 aromatic carbocycles. The lowest BCUT2D eigenvalue weighted by molar-refractivity contribution is -0.387. The van der Waals surface area contributed by atoms with Gasteiger partial charge in [-0.3, -0.25) is 10.1 Å². The molecule has 1 heterocycles. The number of hydrogen-bond acceptors (Lipinski definition) is 4. The van der Waals surface area contributed by atoms with E-state index in [1.807, 2.05) is 6.92 Å². The van der Waals surface area contributed by atoms with Crippen LogP contribution in [0.5, 0.6) is 0 Å². The number of hydrogen-bond donors (Lipinski definition) is 1. The highest BCUT2D eigenvalue weighted by atomic mass is 19.1. The van der Waals surface area contributed by atoms with Crippen LogP contribution in [0.1, 0.15) is 12.6 Å². The van der Waals surface area contributed by atoms with Crippen LogP contribution in [0.2, 0.25) is 0 Å². The Balaban J connectivity index is 2.29. The maximum Gasteiger partial charge on any atom is 0.306 e. The fourth-order valence-corrected chi connectivity index (χ4v) is 1.64. The predicted octanol–water partition coefficient (Wildman–Crippen LogP) is 2.03. The second-order valence-electron chi connectivity index (χ2n) is 3.92. The number of nitrogens with zero attached hydrogens (tertiary/aromatic N) is 3. The highest BCUT2D eigenvalue weighted by Gasteiger charge is 2.15. The van der Waals surface area contributed by atoms with Crippen LogP contribution in [0, 0.1) is 15.9 Å². The summed E-state index contributed by atoms with van der Waals surface area (Å²) in [6.07, 6.45) is 1.68. The second kappa shape index (κ2) is 5.57. The summed E-state index contributed by atoms with van der Waals surface area (Å²) in [6, 6.07) is 5.49. The Morgan fingerprint density at radius 3 is 2.95 bits per heavy atom. The molecule has 0 bridgehead atoms. The molecular weight excluding hydrogens is 251 g/mol. The van der Waals surface area contributed by atoms with Crippen molar-refractivity contribution in [2.24, 2.45) is 0 Å². The SMILES string of the molecule is CCNCc1ccn(-c2ccc(F)c([N+](=O)[O-])c2)n1. The Hall–Kier alpha value is -2.28. The zero-order valence-corrected chi connectivity index (χ0v) is 10.3. The second-order valence-corrected chi connectivity index (χ2v) is 3.92. The Morgan fingerprint density at radius 1 is 1.47 bits per heavy atom. The number of benzene rings is 1. The summed E-state index contributed by atoms with van der Waals surface area (Å²) in [5.41, 5.74) is 0.714. The molecule has 0 aliphatic rings. The molecule has 0 fully saturated rings. The van der Waals surface area contributed by atoms with Crippen molar-refractivity contribution in [2.75, 3.05) is 6.54 Å². The van der Waals surface area contributed by atoms with Gasteiger partial charge < -0.3 is 5.32 Å². The molecule has 19 heavy (non-hydrogen) atoms. The lowest BCUT2D eigenvalue weighted by atomic mass is 10.2. The summed E-state index contributed by atoms with van der Waals surface area (Å²) in [6.45, 7) is 3.43. The average molecular weight is 264 g/mol. The third-order valence-corrected chi connectivity index (χ3v) is 2.59. The standard InChI is InChI=1S/C12H13FN4O2/c1-2-14-8-9-5-6-16(15-9)10-3-4-11(13)12(7-10)17(18)19/h3-7,14H,2,8H2,1H3. The summed E-state index contributed by atoms with van der Waals surface area (Å²) in [5, 5.41) is 18.1. The van der Waals surface area contributed by atoms with Crippen molar-refractivity contribution in [3.63, 3.8) is 0 Å². The van der Waals surface area contributed by atoms with E-state index in [-0.39, 0.29) is 0 Å². The third-order valence-electron chi connectivity index (χ3n) is 2.59. The molecule has 0 spiro atoms. The highest BCUT2D eigenvalue weighted by molar-refractivity contribution is 5.43. The molecule has 0 aliphatic heterocycles. The molecule has 1 aromatic heterocycles. The minimum absolute atomic E-state index is 0.454. The van der Waals surface area contributed by atoms with Crippen molar-refractivity contribution < 1.29 is 9.31 Å².